The van der Waals surface area contributed by atoms with Gasteiger partial charge in [-0.3, -0.25) is 5.10 Å². The molecule has 0 aliphatic carbocycles. The predicted molar refractivity (Wildman–Crippen MR) is 92.5 cm³/mol. The fourth-order valence-corrected chi connectivity index (χ4v) is 2.69. The number of H-pyrrole nitrogens is 1. The van der Waals surface area contributed by atoms with Gasteiger partial charge in [0.1, 0.15) is 18.9 Å². The molecule has 0 saturated carbocycles. The van der Waals surface area contributed by atoms with E-state index in [0.29, 0.717) is 30.8 Å². The second kappa shape index (κ2) is 8.33. The molecule has 3 rings (SSSR count). The topological polar surface area (TPSA) is 92.4 Å². The number of likely N-dealkylation sites (tertiary alicyclic amines) is 1. The van der Waals surface area contributed by atoms with Gasteiger partial charge < -0.3 is 15.4 Å². The summed E-state index contributed by atoms with van der Waals surface area (Å²) in [5.74, 6) is 2.69. The average Bonchev–Trinajstić information content (AvgIpc) is 2.89. The number of ether oxygens (including phenoxy) is 1. The Morgan fingerprint density at radius 3 is 2.67 bits per heavy atom. The molecule has 7 heteroatoms. The van der Waals surface area contributed by atoms with Gasteiger partial charge in [-0.2, -0.15) is 5.10 Å². The quantitative estimate of drug-likeness (QED) is 0.647. The van der Waals surface area contributed by atoms with Gasteiger partial charge in [-0.25, -0.2) is 9.98 Å². The molecule has 1 fully saturated rings. The minimum absolute atomic E-state index is 0.350. The van der Waals surface area contributed by atoms with Crippen molar-refractivity contribution in [2.75, 3.05) is 13.1 Å². The molecule has 1 aliphatic heterocycles. The monoisotopic (exact) mass is 328 g/mol. The minimum Gasteiger partial charge on any atom is -0.486 e. The minimum atomic E-state index is 0.350. The number of guanidine groups is 1. The van der Waals surface area contributed by atoms with Crippen LogP contribution in [0, 0.1) is 0 Å². The van der Waals surface area contributed by atoms with Gasteiger partial charge in [0.25, 0.3) is 0 Å². The molecule has 128 valence electrons. The Morgan fingerprint density at radius 1 is 1.17 bits per heavy atom. The number of nitrogens with zero attached hydrogens (tertiary/aromatic N) is 4. The highest BCUT2D eigenvalue weighted by atomic mass is 16.5. The molecule has 0 atom stereocenters. The van der Waals surface area contributed by atoms with E-state index in [4.69, 9.17) is 10.5 Å². The van der Waals surface area contributed by atoms with E-state index in [0.717, 1.165) is 18.8 Å². The van der Waals surface area contributed by atoms with Crippen molar-refractivity contribution in [3.63, 3.8) is 0 Å². The van der Waals surface area contributed by atoms with Crippen LogP contribution in [0.4, 0.5) is 0 Å². The lowest BCUT2D eigenvalue weighted by molar-refractivity contribution is 0.296. The maximum absolute atomic E-state index is 6.09. The number of aromatic nitrogens is 3. The molecule has 3 N–H and O–H groups in total. The maximum atomic E-state index is 6.09. The zero-order valence-electron chi connectivity index (χ0n) is 13.8. The Labute approximate surface area is 141 Å². The first-order chi connectivity index (χ1) is 11.8. The van der Waals surface area contributed by atoms with Crippen LogP contribution < -0.4 is 10.5 Å². The van der Waals surface area contributed by atoms with Gasteiger partial charge in [-0.15, -0.1) is 0 Å². The Kier molecular flexibility index (Phi) is 5.65. The normalized spacial score (nSPS) is 16.0. The summed E-state index contributed by atoms with van der Waals surface area (Å²) in [5.41, 5.74) is 6.09. The van der Waals surface area contributed by atoms with Gasteiger partial charge in [0, 0.05) is 13.1 Å². The summed E-state index contributed by atoms with van der Waals surface area (Å²) in [5, 5.41) is 7.05. The third kappa shape index (κ3) is 4.71. The fourth-order valence-electron chi connectivity index (χ4n) is 2.69. The standard InChI is InChI=1S/C17H24N6O/c18-17(23-10-6-1-2-7-11-23)19-12-15-20-16(22-21-15)13-24-14-8-4-3-5-9-14/h3-5,8-9H,1-2,6-7,10-13H2,(H2,18,19)(H,20,21,22). The first-order valence-electron chi connectivity index (χ1n) is 8.44. The Balaban J connectivity index is 1.50. The summed E-state index contributed by atoms with van der Waals surface area (Å²) >= 11 is 0. The van der Waals surface area contributed by atoms with E-state index in [2.05, 4.69) is 25.1 Å². The molecule has 2 heterocycles. The van der Waals surface area contributed by atoms with Crippen LogP contribution in [0.3, 0.4) is 0 Å². The second-order valence-electron chi connectivity index (χ2n) is 5.88. The zero-order valence-corrected chi connectivity index (χ0v) is 13.8. The summed E-state index contributed by atoms with van der Waals surface area (Å²) in [7, 11) is 0. The van der Waals surface area contributed by atoms with Crippen LogP contribution in [0.15, 0.2) is 35.3 Å². The molecule has 1 aromatic carbocycles. The molecule has 0 radical (unpaired) electrons. The number of hydrogen-bond donors (Lipinski definition) is 2. The molecule has 2 aromatic rings. The highest BCUT2D eigenvalue weighted by molar-refractivity contribution is 5.78. The van der Waals surface area contributed by atoms with Crippen LogP contribution in [0.5, 0.6) is 5.75 Å². The van der Waals surface area contributed by atoms with Crippen molar-refractivity contribution < 1.29 is 4.74 Å². The van der Waals surface area contributed by atoms with Crippen LogP contribution >= 0.6 is 0 Å². The molecule has 0 amide bonds. The van der Waals surface area contributed by atoms with Gasteiger partial charge in [0.15, 0.2) is 17.6 Å². The van der Waals surface area contributed by atoms with Crippen LogP contribution in [0.25, 0.3) is 0 Å². The molecule has 0 bridgehead atoms. The largest absolute Gasteiger partial charge is 0.486 e. The number of aliphatic imine (C=N–C) groups is 1. The second-order valence-corrected chi connectivity index (χ2v) is 5.88. The lowest BCUT2D eigenvalue weighted by Gasteiger charge is -2.20. The summed E-state index contributed by atoms with van der Waals surface area (Å²) < 4.78 is 5.64. The number of benzene rings is 1. The number of aromatic amines is 1. The Hall–Kier alpha value is -2.57. The first kappa shape index (κ1) is 16.3. The smallest absolute Gasteiger partial charge is 0.191 e. The summed E-state index contributed by atoms with van der Waals surface area (Å²) in [6.45, 7) is 2.70. The SMILES string of the molecule is NC(=NCc1n[nH]c(COc2ccccc2)n1)N1CCCCCC1. The first-order valence-corrected chi connectivity index (χ1v) is 8.44. The molecule has 0 spiro atoms. The predicted octanol–water partition coefficient (Wildman–Crippen LogP) is 2.07. The van der Waals surface area contributed by atoms with Crippen molar-refractivity contribution in [1.29, 1.82) is 0 Å². The van der Waals surface area contributed by atoms with Gasteiger partial charge in [-0.1, -0.05) is 31.0 Å². The van der Waals surface area contributed by atoms with Crippen molar-refractivity contribution in [3.8, 4) is 5.75 Å². The van der Waals surface area contributed by atoms with Crippen molar-refractivity contribution in [1.82, 2.24) is 20.1 Å². The number of nitrogens with two attached hydrogens (primary N) is 1. The third-order valence-electron chi connectivity index (χ3n) is 4.01. The average molecular weight is 328 g/mol. The molecule has 0 unspecified atom stereocenters. The lowest BCUT2D eigenvalue weighted by atomic mass is 10.2. The van der Waals surface area contributed by atoms with Crippen molar-refractivity contribution in [2.24, 2.45) is 10.7 Å². The highest BCUT2D eigenvalue weighted by Gasteiger charge is 2.11. The highest BCUT2D eigenvalue weighted by Crippen LogP contribution is 2.11. The molecular weight excluding hydrogens is 304 g/mol. The van der Waals surface area contributed by atoms with E-state index in [-0.39, 0.29) is 0 Å². The number of hydrogen-bond acceptors (Lipinski definition) is 4. The molecule has 1 aromatic heterocycles. The zero-order chi connectivity index (χ0) is 16.6. The van der Waals surface area contributed by atoms with E-state index >= 15 is 0 Å². The van der Waals surface area contributed by atoms with Gasteiger partial charge in [0.05, 0.1) is 0 Å². The summed E-state index contributed by atoms with van der Waals surface area (Å²) in [6.07, 6.45) is 4.90. The van der Waals surface area contributed by atoms with Crippen LogP contribution in [0.1, 0.15) is 37.3 Å². The van der Waals surface area contributed by atoms with Crippen LogP contribution in [0.2, 0.25) is 0 Å². The fraction of sp³-hybridized carbons (Fsp3) is 0.471. The van der Waals surface area contributed by atoms with Crippen molar-refractivity contribution >= 4 is 5.96 Å². The molecule has 1 saturated heterocycles. The van der Waals surface area contributed by atoms with Crippen molar-refractivity contribution in [2.45, 2.75) is 38.8 Å². The summed E-state index contributed by atoms with van der Waals surface area (Å²) in [6, 6.07) is 9.63. The van der Waals surface area contributed by atoms with E-state index in [1.54, 1.807) is 0 Å². The Bertz CT molecular complexity index is 646. The number of nitrogens with one attached hydrogen (secondary N) is 1. The molecular formula is C17H24N6O. The van der Waals surface area contributed by atoms with E-state index in [1.807, 2.05) is 30.3 Å². The van der Waals surface area contributed by atoms with Gasteiger partial charge in [0.2, 0.25) is 0 Å². The number of para-hydroxylation sites is 1. The molecule has 1 aliphatic rings. The van der Waals surface area contributed by atoms with E-state index in [9.17, 15) is 0 Å². The third-order valence-corrected chi connectivity index (χ3v) is 4.01. The Morgan fingerprint density at radius 2 is 1.92 bits per heavy atom. The van der Waals surface area contributed by atoms with Crippen LogP contribution in [-0.2, 0) is 13.2 Å². The summed E-state index contributed by atoms with van der Waals surface area (Å²) in [4.78, 5) is 11.0. The van der Waals surface area contributed by atoms with Crippen molar-refractivity contribution in [3.05, 3.63) is 42.0 Å². The van der Waals surface area contributed by atoms with E-state index < -0.39 is 0 Å². The molecule has 7 nitrogen and oxygen atoms in total. The lowest BCUT2D eigenvalue weighted by Crippen LogP contribution is -2.38. The van der Waals surface area contributed by atoms with Gasteiger partial charge >= 0.3 is 0 Å². The van der Waals surface area contributed by atoms with Gasteiger partial charge in [-0.05, 0) is 25.0 Å². The maximum Gasteiger partial charge on any atom is 0.191 e. The molecule has 24 heavy (non-hydrogen) atoms. The van der Waals surface area contributed by atoms with E-state index in [1.165, 1.54) is 25.7 Å². The van der Waals surface area contributed by atoms with Crippen LogP contribution in [-0.4, -0.2) is 39.1 Å². The number of rotatable bonds is 5.